The highest BCUT2D eigenvalue weighted by molar-refractivity contribution is 6.00. The highest BCUT2D eigenvalue weighted by Crippen LogP contribution is 2.20. The van der Waals surface area contributed by atoms with Crippen molar-refractivity contribution in [2.75, 3.05) is 23.7 Å². The molecule has 0 aromatic heterocycles. The highest BCUT2D eigenvalue weighted by Gasteiger charge is 2.28. The van der Waals surface area contributed by atoms with E-state index >= 15 is 0 Å². The molecule has 146 valence electrons. The number of nitrogens with zero attached hydrogens (tertiary/aromatic N) is 2. The van der Waals surface area contributed by atoms with Gasteiger partial charge >= 0.3 is 6.03 Å². The Kier molecular flexibility index (Phi) is 6.37. The number of aryl methyl sites for hydroxylation is 1. The van der Waals surface area contributed by atoms with Crippen molar-refractivity contribution in [3.05, 3.63) is 64.6 Å². The summed E-state index contributed by atoms with van der Waals surface area (Å²) in [6, 6.07) is 14.4. The summed E-state index contributed by atoms with van der Waals surface area (Å²) in [7, 11) is 0. The lowest BCUT2D eigenvalue weighted by atomic mass is 10.1. The Labute approximate surface area is 164 Å². The summed E-state index contributed by atoms with van der Waals surface area (Å²) in [4.78, 5) is 36.9. The minimum Gasteiger partial charge on any atom is -0.337 e. The molecule has 0 aliphatic carbocycles. The van der Waals surface area contributed by atoms with E-state index in [0.29, 0.717) is 12.2 Å². The van der Waals surface area contributed by atoms with Gasteiger partial charge < -0.3 is 15.5 Å². The van der Waals surface area contributed by atoms with E-state index in [2.05, 4.69) is 15.8 Å². The van der Waals surface area contributed by atoms with E-state index in [9.17, 15) is 14.5 Å². The third-order valence-corrected chi connectivity index (χ3v) is 4.94. The van der Waals surface area contributed by atoms with E-state index in [1.807, 2.05) is 43.3 Å². The van der Waals surface area contributed by atoms with Gasteiger partial charge in [0.25, 0.3) is 0 Å². The molecule has 0 saturated carbocycles. The van der Waals surface area contributed by atoms with Gasteiger partial charge in [0.1, 0.15) is 6.54 Å². The first-order valence-electron chi connectivity index (χ1n) is 9.38. The zero-order valence-electron chi connectivity index (χ0n) is 15.9. The van der Waals surface area contributed by atoms with Crippen LogP contribution in [-0.2, 0) is 11.2 Å². The van der Waals surface area contributed by atoms with Crippen LogP contribution in [0.25, 0.3) is 0 Å². The molecule has 2 N–H and O–H groups in total. The minimum absolute atomic E-state index is 0.00385. The fraction of sp³-hybridized carbons (Fsp3) is 0.333. The smallest absolute Gasteiger partial charge is 0.323 e. The SMILES string of the molecule is Cc1ccccc1NC(=O)Nc1ccc(CC(=O)N2CCCC2CN=O)cc1. The third-order valence-electron chi connectivity index (χ3n) is 4.94. The first kappa shape index (κ1) is 19.5. The highest BCUT2D eigenvalue weighted by atomic mass is 16.3. The predicted octanol–water partition coefficient (Wildman–Crippen LogP) is 3.94. The van der Waals surface area contributed by atoms with Crippen molar-refractivity contribution in [1.82, 2.24) is 4.90 Å². The number of hydrogen-bond acceptors (Lipinski definition) is 4. The van der Waals surface area contributed by atoms with Crippen molar-refractivity contribution in [3.8, 4) is 0 Å². The third kappa shape index (κ3) is 4.94. The van der Waals surface area contributed by atoms with Crippen LogP contribution in [0.1, 0.15) is 24.0 Å². The first-order valence-corrected chi connectivity index (χ1v) is 9.38. The molecular formula is C21H24N4O3. The van der Waals surface area contributed by atoms with Crippen LogP contribution in [0.2, 0.25) is 0 Å². The van der Waals surface area contributed by atoms with Crippen LogP contribution >= 0.6 is 0 Å². The van der Waals surface area contributed by atoms with Crippen LogP contribution in [0.3, 0.4) is 0 Å². The zero-order valence-corrected chi connectivity index (χ0v) is 15.9. The number of carbonyl (C=O) groups excluding carboxylic acids is 2. The molecule has 0 bridgehead atoms. The van der Waals surface area contributed by atoms with E-state index in [-0.39, 0.29) is 30.9 Å². The van der Waals surface area contributed by atoms with E-state index in [0.717, 1.165) is 29.7 Å². The monoisotopic (exact) mass is 380 g/mol. The number of urea groups is 1. The molecule has 0 spiro atoms. The molecule has 2 aromatic rings. The van der Waals surface area contributed by atoms with Crippen molar-refractivity contribution >= 4 is 23.3 Å². The first-order chi connectivity index (χ1) is 13.6. The van der Waals surface area contributed by atoms with Crippen molar-refractivity contribution in [2.45, 2.75) is 32.2 Å². The second-order valence-electron chi connectivity index (χ2n) is 6.96. The Morgan fingerprint density at radius 3 is 2.57 bits per heavy atom. The number of likely N-dealkylation sites (tertiary alicyclic amines) is 1. The molecule has 2 aromatic carbocycles. The quantitative estimate of drug-likeness (QED) is 0.744. The predicted molar refractivity (Wildman–Crippen MR) is 109 cm³/mol. The average Bonchev–Trinajstić information content (AvgIpc) is 3.14. The number of amides is 3. The molecular weight excluding hydrogens is 356 g/mol. The summed E-state index contributed by atoms with van der Waals surface area (Å²) >= 11 is 0. The summed E-state index contributed by atoms with van der Waals surface area (Å²) in [6.45, 7) is 2.76. The van der Waals surface area contributed by atoms with Gasteiger partial charge in [-0.25, -0.2) is 4.79 Å². The number of nitrogens with one attached hydrogen (secondary N) is 2. The van der Waals surface area contributed by atoms with Gasteiger partial charge in [-0.15, -0.1) is 0 Å². The summed E-state index contributed by atoms with van der Waals surface area (Å²) in [5.41, 5.74) is 3.25. The Balaban J connectivity index is 1.54. The zero-order chi connectivity index (χ0) is 19.9. The van der Waals surface area contributed by atoms with Crippen LogP contribution in [0.15, 0.2) is 53.7 Å². The van der Waals surface area contributed by atoms with Crippen LogP contribution in [0.5, 0.6) is 0 Å². The Morgan fingerprint density at radius 2 is 1.86 bits per heavy atom. The topological polar surface area (TPSA) is 90.9 Å². The lowest BCUT2D eigenvalue weighted by Gasteiger charge is -2.22. The van der Waals surface area contributed by atoms with Crippen LogP contribution in [0.4, 0.5) is 16.2 Å². The lowest BCUT2D eigenvalue weighted by Crippen LogP contribution is -2.38. The Morgan fingerprint density at radius 1 is 1.11 bits per heavy atom. The van der Waals surface area contributed by atoms with Crippen LogP contribution < -0.4 is 10.6 Å². The maximum Gasteiger partial charge on any atom is 0.323 e. The average molecular weight is 380 g/mol. The molecule has 3 amide bonds. The molecule has 1 aliphatic heterocycles. The molecule has 1 unspecified atom stereocenters. The van der Waals surface area contributed by atoms with Gasteiger partial charge in [0.05, 0.1) is 12.5 Å². The van der Waals surface area contributed by atoms with E-state index in [1.54, 1.807) is 17.0 Å². The maximum absolute atomic E-state index is 12.5. The van der Waals surface area contributed by atoms with E-state index in [1.165, 1.54) is 0 Å². The second kappa shape index (κ2) is 9.12. The van der Waals surface area contributed by atoms with Crippen molar-refractivity contribution in [3.63, 3.8) is 0 Å². The molecule has 0 radical (unpaired) electrons. The minimum atomic E-state index is -0.320. The lowest BCUT2D eigenvalue weighted by molar-refractivity contribution is -0.131. The fourth-order valence-electron chi connectivity index (χ4n) is 3.42. The summed E-state index contributed by atoms with van der Waals surface area (Å²) in [5.74, 6) is 0.00385. The van der Waals surface area contributed by atoms with Gasteiger partial charge in [-0.1, -0.05) is 35.5 Å². The van der Waals surface area contributed by atoms with Crippen molar-refractivity contribution in [2.24, 2.45) is 5.18 Å². The molecule has 7 heteroatoms. The van der Waals surface area contributed by atoms with E-state index < -0.39 is 0 Å². The summed E-state index contributed by atoms with van der Waals surface area (Å²) in [6.07, 6.45) is 2.01. The number of nitroso groups, excluding NO2 is 1. The van der Waals surface area contributed by atoms with Gasteiger partial charge in [0.15, 0.2) is 0 Å². The van der Waals surface area contributed by atoms with Gasteiger partial charge in [-0.2, -0.15) is 4.91 Å². The van der Waals surface area contributed by atoms with Crippen molar-refractivity contribution in [1.29, 1.82) is 0 Å². The van der Waals surface area contributed by atoms with Gasteiger partial charge in [0.2, 0.25) is 5.91 Å². The molecule has 1 fully saturated rings. The van der Waals surface area contributed by atoms with Crippen LogP contribution in [-0.4, -0.2) is 36.0 Å². The fourth-order valence-corrected chi connectivity index (χ4v) is 3.42. The largest absolute Gasteiger partial charge is 0.337 e. The van der Waals surface area contributed by atoms with Crippen LogP contribution in [0, 0.1) is 11.8 Å². The number of rotatable bonds is 6. The number of anilines is 2. The molecule has 1 heterocycles. The number of hydrogen-bond donors (Lipinski definition) is 2. The number of para-hydroxylation sites is 1. The molecule has 7 nitrogen and oxygen atoms in total. The molecule has 1 saturated heterocycles. The Hall–Kier alpha value is -3.22. The number of carbonyl (C=O) groups is 2. The van der Waals surface area contributed by atoms with Gasteiger partial charge in [-0.3, -0.25) is 4.79 Å². The second-order valence-corrected chi connectivity index (χ2v) is 6.96. The van der Waals surface area contributed by atoms with Gasteiger partial charge in [-0.05, 0) is 49.1 Å². The summed E-state index contributed by atoms with van der Waals surface area (Å²) < 4.78 is 0. The molecule has 28 heavy (non-hydrogen) atoms. The van der Waals surface area contributed by atoms with Crippen molar-refractivity contribution < 1.29 is 9.59 Å². The normalized spacial score (nSPS) is 15.9. The van der Waals surface area contributed by atoms with Gasteiger partial charge in [0, 0.05) is 17.9 Å². The standard InChI is InChI=1S/C21H24N4O3/c1-15-5-2-3-7-19(15)24-21(27)23-17-10-8-16(9-11-17)13-20(26)25-12-4-6-18(25)14-22-28/h2-3,5,7-11,18H,4,6,12-14H2,1H3,(H2,23,24,27). The van der Waals surface area contributed by atoms with E-state index in [4.69, 9.17) is 0 Å². The molecule has 1 atom stereocenters. The Bertz CT molecular complexity index is 851. The maximum atomic E-state index is 12.5. The summed E-state index contributed by atoms with van der Waals surface area (Å²) in [5, 5.41) is 8.54. The molecule has 3 rings (SSSR count). The molecule has 1 aliphatic rings. The number of benzene rings is 2.